The molecule has 2 heterocycles. The van der Waals surface area contributed by atoms with Crippen molar-refractivity contribution in [1.82, 2.24) is 0 Å². The third kappa shape index (κ3) is 3.59. The molecular weight excluding hydrogens is 382 g/mol. The van der Waals surface area contributed by atoms with Crippen LogP contribution in [0, 0.1) is 17.2 Å². The number of hydrogen-bond donors (Lipinski definition) is 1. The van der Waals surface area contributed by atoms with Crippen LogP contribution in [0.1, 0.15) is 12.0 Å². The van der Waals surface area contributed by atoms with Gasteiger partial charge in [0.2, 0.25) is 17.6 Å². The molecule has 0 bridgehead atoms. The summed E-state index contributed by atoms with van der Waals surface area (Å²) in [5, 5.41) is 14.0. The first kappa shape index (κ1) is 19.5. The highest BCUT2D eigenvalue weighted by atomic mass is 32.1. The predicted octanol–water partition coefficient (Wildman–Crippen LogP) is 2.64. The average Bonchev–Trinajstić information content (AvgIpc) is 3.32. The molecule has 1 N–H and O–H groups in total. The quantitative estimate of drug-likeness (QED) is 0.799. The van der Waals surface area contributed by atoms with E-state index in [0.717, 1.165) is 0 Å². The second kappa shape index (κ2) is 8.19. The maximum absolute atomic E-state index is 12.6. The largest absolute Gasteiger partial charge is 0.493 e. The summed E-state index contributed by atoms with van der Waals surface area (Å²) in [5.41, 5.74) is 0.966. The number of carbonyl (C=O) groups excluding carboxylic acids is 2. The van der Waals surface area contributed by atoms with Gasteiger partial charge in [-0.05, 0) is 11.4 Å². The highest BCUT2D eigenvalue weighted by Crippen LogP contribution is 2.42. The average molecular weight is 401 g/mol. The van der Waals surface area contributed by atoms with E-state index in [-0.39, 0.29) is 24.8 Å². The monoisotopic (exact) mass is 401 g/mol. The van der Waals surface area contributed by atoms with E-state index in [9.17, 15) is 9.59 Å². The molecule has 1 aromatic carbocycles. The summed E-state index contributed by atoms with van der Waals surface area (Å²) in [5.74, 6) is 0.282. The number of methoxy groups -OCH3 is 3. The number of benzene rings is 1. The topological polar surface area (TPSA) is 101 Å². The Kier molecular flexibility index (Phi) is 5.70. The van der Waals surface area contributed by atoms with Gasteiger partial charge in [0.05, 0.1) is 38.5 Å². The lowest BCUT2D eigenvalue weighted by atomic mass is 10.1. The number of carbonyl (C=O) groups is 2. The van der Waals surface area contributed by atoms with Gasteiger partial charge in [-0.1, -0.05) is 0 Å². The molecule has 2 aromatic rings. The standard InChI is InChI=1S/C19H19N3O5S/c1-25-14-7-13(8-15(26-2)17(14)27-3)22-10-12(6-16(22)23)18(24)21-19-11(9-20)4-5-28-19/h4-5,7-8,12H,6,10H2,1-3H3,(H,21,24). The molecule has 3 rings (SSSR count). The van der Waals surface area contributed by atoms with E-state index < -0.39 is 5.92 Å². The first-order valence-electron chi connectivity index (χ1n) is 8.41. The fourth-order valence-electron chi connectivity index (χ4n) is 3.06. The first-order valence-corrected chi connectivity index (χ1v) is 9.29. The number of amides is 2. The molecule has 146 valence electrons. The first-order chi connectivity index (χ1) is 13.5. The third-order valence-electron chi connectivity index (χ3n) is 4.48. The van der Waals surface area contributed by atoms with E-state index in [1.807, 2.05) is 6.07 Å². The van der Waals surface area contributed by atoms with Crippen molar-refractivity contribution in [3.8, 4) is 23.3 Å². The normalized spacial score (nSPS) is 15.9. The van der Waals surface area contributed by atoms with Crippen LogP contribution in [-0.2, 0) is 9.59 Å². The van der Waals surface area contributed by atoms with Crippen LogP contribution in [0.25, 0.3) is 0 Å². The van der Waals surface area contributed by atoms with Gasteiger partial charge >= 0.3 is 0 Å². The Hall–Kier alpha value is -3.25. The highest BCUT2D eigenvalue weighted by molar-refractivity contribution is 7.14. The maximum Gasteiger partial charge on any atom is 0.230 e. The molecule has 1 saturated heterocycles. The molecule has 1 aromatic heterocycles. The van der Waals surface area contributed by atoms with Crippen molar-refractivity contribution in [3.05, 3.63) is 29.1 Å². The minimum Gasteiger partial charge on any atom is -0.493 e. The molecule has 0 spiro atoms. The smallest absolute Gasteiger partial charge is 0.230 e. The lowest BCUT2D eigenvalue weighted by Crippen LogP contribution is -2.28. The number of nitrogens with one attached hydrogen (secondary N) is 1. The van der Waals surface area contributed by atoms with Crippen molar-refractivity contribution in [2.24, 2.45) is 5.92 Å². The van der Waals surface area contributed by atoms with Gasteiger partial charge in [0, 0.05) is 25.1 Å². The van der Waals surface area contributed by atoms with E-state index in [2.05, 4.69) is 5.32 Å². The summed E-state index contributed by atoms with van der Waals surface area (Å²) in [6.07, 6.45) is 0.0791. The molecule has 1 aliphatic rings. The van der Waals surface area contributed by atoms with Crippen LogP contribution in [0.3, 0.4) is 0 Å². The highest BCUT2D eigenvalue weighted by Gasteiger charge is 2.36. The molecule has 0 aliphatic carbocycles. The van der Waals surface area contributed by atoms with Crippen molar-refractivity contribution >= 4 is 33.8 Å². The summed E-state index contributed by atoms with van der Waals surface area (Å²) >= 11 is 1.27. The number of ether oxygens (including phenoxy) is 3. The second-order valence-electron chi connectivity index (χ2n) is 6.05. The van der Waals surface area contributed by atoms with Gasteiger partial charge in [-0.3, -0.25) is 9.59 Å². The molecule has 2 amide bonds. The second-order valence-corrected chi connectivity index (χ2v) is 6.97. The molecule has 28 heavy (non-hydrogen) atoms. The molecule has 1 fully saturated rings. The summed E-state index contributed by atoms with van der Waals surface area (Å²) in [6.45, 7) is 0.219. The van der Waals surface area contributed by atoms with Gasteiger partial charge in [-0.2, -0.15) is 5.26 Å². The maximum atomic E-state index is 12.6. The van der Waals surface area contributed by atoms with Crippen molar-refractivity contribution in [2.45, 2.75) is 6.42 Å². The number of hydrogen-bond acceptors (Lipinski definition) is 7. The van der Waals surface area contributed by atoms with Gasteiger partial charge in [0.1, 0.15) is 11.1 Å². The number of anilines is 2. The number of nitrogens with zero attached hydrogens (tertiary/aromatic N) is 2. The van der Waals surface area contributed by atoms with E-state index in [1.165, 1.54) is 37.6 Å². The molecule has 0 radical (unpaired) electrons. The number of nitriles is 1. The van der Waals surface area contributed by atoms with Crippen molar-refractivity contribution in [1.29, 1.82) is 5.26 Å². The van der Waals surface area contributed by atoms with Crippen LogP contribution in [-0.4, -0.2) is 39.7 Å². The summed E-state index contributed by atoms with van der Waals surface area (Å²) in [4.78, 5) is 26.7. The zero-order valence-electron chi connectivity index (χ0n) is 15.6. The fraction of sp³-hybridized carbons (Fsp3) is 0.316. The molecule has 1 atom stereocenters. The van der Waals surface area contributed by atoms with E-state index in [0.29, 0.717) is 33.5 Å². The summed E-state index contributed by atoms with van der Waals surface area (Å²) in [7, 11) is 4.50. The van der Waals surface area contributed by atoms with E-state index in [4.69, 9.17) is 19.5 Å². The Bertz CT molecular complexity index is 924. The fourth-order valence-corrected chi connectivity index (χ4v) is 3.80. The van der Waals surface area contributed by atoms with E-state index in [1.54, 1.807) is 23.6 Å². The van der Waals surface area contributed by atoms with Gasteiger partial charge < -0.3 is 24.4 Å². The zero-order valence-corrected chi connectivity index (χ0v) is 16.5. The third-order valence-corrected chi connectivity index (χ3v) is 5.31. The van der Waals surface area contributed by atoms with Crippen molar-refractivity contribution in [3.63, 3.8) is 0 Å². The van der Waals surface area contributed by atoms with Gasteiger partial charge in [-0.25, -0.2) is 0 Å². The molecule has 8 nitrogen and oxygen atoms in total. The summed E-state index contributed by atoms with van der Waals surface area (Å²) < 4.78 is 16.0. The van der Waals surface area contributed by atoms with Gasteiger partial charge in [0.25, 0.3) is 0 Å². The Morgan fingerprint density at radius 1 is 1.25 bits per heavy atom. The lowest BCUT2D eigenvalue weighted by Gasteiger charge is -2.20. The van der Waals surface area contributed by atoms with E-state index >= 15 is 0 Å². The Morgan fingerprint density at radius 2 is 1.93 bits per heavy atom. The molecule has 1 unspecified atom stereocenters. The van der Waals surface area contributed by atoms with Crippen LogP contribution in [0.4, 0.5) is 10.7 Å². The van der Waals surface area contributed by atoms with Crippen LogP contribution >= 0.6 is 11.3 Å². The molecule has 1 aliphatic heterocycles. The van der Waals surface area contributed by atoms with Crippen LogP contribution in [0.15, 0.2) is 23.6 Å². The van der Waals surface area contributed by atoms with Gasteiger partial charge in [-0.15, -0.1) is 11.3 Å². The molecular formula is C19H19N3O5S. The Morgan fingerprint density at radius 3 is 2.50 bits per heavy atom. The van der Waals surface area contributed by atoms with Crippen LogP contribution in [0.5, 0.6) is 17.2 Å². The molecule has 0 saturated carbocycles. The summed E-state index contributed by atoms with van der Waals surface area (Å²) in [6, 6.07) is 7.02. The Balaban J connectivity index is 1.81. The lowest BCUT2D eigenvalue weighted by molar-refractivity contribution is -0.122. The molecule has 9 heteroatoms. The zero-order chi connectivity index (χ0) is 20.3. The van der Waals surface area contributed by atoms with Crippen LogP contribution < -0.4 is 24.4 Å². The van der Waals surface area contributed by atoms with Gasteiger partial charge in [0.15, 0.2) is 11.5 Å². The SMILES string of the molecule is COc1cc(N2CC(C(=O)Nc3sccc3C#N)CC2=O)cc(OC)c1OC. The minimum absolute atomic E-state index is 0.0791. The van der Waals surface area contributed by atoms with Crippen molar-refractivity contribution < 1.29 is 23.8 Å². The van der Waals surface area contributed by atoms with Crippen LogP contribution in [0.2, 0.25) is 0 Å². The minimum atomic E-state index is -0.528. The number of rotatable bonds is 6. The Labute approximate surface area is 166 Å². The predicted molar refractivity (Wildman–Crippen MR) is 104 cm³/mol. The van der Waals surface area contributed by atoms with Crippen molar-refractivity contribution in [2.75, 3.05) is 38.1 Å². The number of thiophene rings is 1.